The van der Waals surface area contributed by atoms with Gasteiger partial charge in [0.1, 0.15) is 5.60 Å². The van der Waals surface area contributed by atoms with Gasteiger partial charge in [0.05, 0.1) is 0 Å². The number of hydrogen-bond donors (Lipinski definition) is 3. The molecule has 0 aliphatic rings. The molecule has 1 unspecified atom stereocenters. The Labute approximate surface area is 179 Å². The van der Waals surface area contributed by atoms with E-state index in [1.54, 1.807) is 20.8 Å². The van der Waals surface area contributed by atoms with E-state index in [4.69, 9.17) is 15.6 Å². The molecule has 2 amide bonds. The van der Waals surface area contributed by atoms with Crippen molar-refractivity contribution in [2.45, 2.75) is 90.2 Å². The predicted molar refractivity (Wildman–Crippen MR) is 116 cm³/mol. The van der Waals surface area contributed by atoms with Crippen molar-refractivity contribution in [2.75, 3.05) is 0 Å². The lowest BCUT2D eigenvalue weighted by Gasteiger charge is -2.23. The zero-order valence-electron chi connectivity index (χ0n) is 18.4. The van der Waals surface area contributed by atoms with Crippen LogP contribution in [0.2, 0.25) is 0 Å². The van der Waals surface area contributed by atoms with Crippen LogP contribution in [0.4, 0.5) is 4.79 Å². The summed E-state index contributed by atoms with van der Waals surface area (Å²) in [7, 11) is 0. The Morgan fingerprint density at radius 2 is 1.53 bits per heavy atom. The summed E-state index contributed by atoms with van der Waals surface area (Å²) < 4.78 is 5.31. The molecule has 0 spiro atoms. The molecule has 30 heavy (non-hydrogen) atoms. The van der Waals surface area contributed by atoms with Crippen molar-refractivity contribution in [3.63, 3.8) is 0 Å². The van der Waals surface area contributed by atoms with Crippen molar-refractivity contribution in [3.05, 3.63) is 35.4 Å². The molecule has 1 aromatic rings. The lowest BCUT2D eigenvalue weighted by molar-refractivity contribution is -0.137. The Morgan fingerprint density at radius 3 is 2.03 bits per heavy atom. The van der Waals surface area contributed by atoms with Crippen LogP contribution < -0.4 is 11.1 Å². The van der Waals surface area contributed by atoms with Crippen molar-refractivity contribution in [3.8, 4) is 0 Å². The third-order valence-electron chi connectivity index (χ3n) is 4.61. The first-order valence-electron chi connectivity index (χ1n) is 10.6. The number of rotatable bonds is 13. The van der Waals surface area contributed by atoms with E-state index in [1.807, 2.05) is 0 Å². The van der Waals surface area contributed by atoms with Crippen molar-refractivity contribution in [1.82, 2.24) is 5.32 Å². The van der Waals surface area contributed by atoms with Crippen LogP contribution in [0.1, 0.15) is 76.8 Å². The van der Waals surface area contributed by atoms with Gasteiger partial charge in [-0.25, -0.2) is 4.79 Å². The van der Waals surface area contributed by atoms with Crippen LogP contribution in [-0.2, 0) is 27.2 Å². The zero-order chi connectivity index (χ0) is 22.6. The number of nitrogens with two attached hydrogens (primary N) is 1. The molecule has 0 saturated heterocycles. The van der Waals surface area contributed by atoms with Crippen LogP contribution in [0, 0.1) is 0 Å². The molecule has 1 atom stereocenters. The number of hydrogen-bond acceptors (Lipinski definition) is 4. The van der Waals surface area contributed by atoms with Gasteiger partial charge in [-0.2, -0.15) is 0 Å². The van der Waals surface area contributed by atoms with Gasteiger partial charge in [-0.3, -0.25) is 9.59 Å². The topological polar surface area (TPSA) is 119 Å². The number of alkyl carbamates (subject to hydrolysis) is 1. The first kappa shape index (κ1) is 25.5. The predicted octanol–water partition coefficient (Wildman–Crippen LogP) is 3.97. The molecule has 1 aromatic carbocycles. The number of carboxylic acids is 1. The van der Waals surface area contributed by atoms with E-state index in [1.165, 1.54) is 11.1 Å². The average Bonchev–Trinajstić information content (AvgIpc) is 2.62. The molecular weight excluding hydrogens is 384 g/mol. The molecule has 0 bridgehead atoms. The summed E-state index contributed by atoms with van der Waals surface area (Å²) in [6.07, 6.45) is 5.32. The van der Waals surface area contributed by atoms with E-state index < -0.39 is 17.7 Å². The lowest BCUT2D eigenvalue weighted by atomic mass is 9.99. The van der Waals surface area contributed by atoms with Crippen LogP contribution in [0.25, 0.3) is 0 Å². The van der Waals surface area contributed by atoms with E-state index in [9.17, 15) is 14.4 Å². The summed E-state index contributed by atoms with van der Waals surface area (Å²) in [5.74, 6) is -1.13. The van der Waals surface area contributed by atoms with Gasteiger partial charge in [-0.15, -0.1) is 0 Å². The SMILES string of the molecule is CC(C)(C)OC(=O)NC(CCCc1ccc(CCCCC(=O)O)cc1)CCC(N)=O. The Bertz CT molecular complexity index is 680. The Balaban J connectivity index is 2.45. The summed E-state index contributed by atoms with van der Waals surface area (Å²) in [6, 6.07) is 8.18. The Hall–Kier alpha value is -2.57. The van der Waals surface area contributed by atoms with Gasteiger partial charge < -0.3 is 20.9 Å². The van der Waals surface area contributed by atoms with Crippen LogP contribution in [0.15, 0.2) is 24.3 Å². The molecule has 7 nitrogen and oxygen atoms in total. The minimum absolute atomic E-state index is 0.166. The molecule has 0 saturated carbocycles. The van der Waals surface area contributed by atoms with E-state index in [0.29, 0.717) is 12.8 Å². The maximum absolute atomic E-state index is 12.0. The van der Waals surface area contributed by atoms with Crippen molar-refractivity contribution in [2.24, 2.45) is 5.73 Å². The number of nitrogens with one attached hydrogen (secondary N) is 1. The number of carbonyl (C=O) groups excluding carboxylic acids is 2. The second kappa shape index (κ2) is 12.9. The van der Waals surface area contributed by atoms with Crippen LogP contribution in [0.3, 0.4) is 0 Å². The number of benzene rings is 1. The molecule has 0 heterocycles. The molecule has 0 fully saturated rings. The summed E-state index contributed by atoms with van der Waals surface area (Å²) in [4.78, 5) is 33.7. The fourth-order valence-corrected chi connectivity index (χ4v) is 3.11. The second-order valence-corrected chi connectivity index (χ2v) is 8.66. The molecule has 1 rings (SSSR count). The minimum Gasteiger partial charge on any atom is -0.481 e. The molecule has 4 N–H and O–H groups in total. The van der Waals surface area contributed by atoms with Gasteiger partial charge >= 0.3 is 12.1 Å². The molecule has 0 aliphatic carbocycles. The van der Waals surface area contributed by atoms with Crippen molar-refractivity contribution >= 4 is 18.0 Å². The number of carbonyl (C=O) groups is 3. The van der Waals surface area contributed by atoms with E-state index in [0.717, 1.165) is 32.1 Å². The van der Waals surface area contributed by atoms with E-state index >= 15 is 0 Å². The third kappa shape index (κ3) is 12.8. The maximum Gasteiger partial charge on any atom is 0.407 e. The normalized spacial score (nSPS) is 12.2. The highest BCUT2D eigenvalue weighted by atomic mass is 16.6. The van der Waals surface area contributed by atoms with Gasteiger partial charge in [0, 0.05) is 18.9 Å². The first-order valence-corrected chi connectivity index (χ1v) is 10.6. The number of ether oxygens (including phenoxy) is 1. The summed E-state index contributed by atoms with van der Waals surface area (Å²) >= 11 is 0. The molecule has 168 valence electrons. The number of primary amides is 1. The van der Waals surface area contributed by atoms with E-state index in [-0.39, 0.29) is 24.8 Å². The zero-order valence-corrected chi connectivity index (χ0v) is 18.4. The standard InChI is InChI=1S/C23H36N2O5/c1-23(2,3)30-22(29)25-19(15-16-20(24)26)9-6-8-18-13-11-17(12-14-18)7-4-5-10-21(27)28/h11-14,19H,4-10,15-16H2,1-3H3,(H2,24,26)(H,25,29)(H,27,28). The van der Waals surface area contributed by atoms with Crippen LogP contribution in [0.5, 0.6) is 0 Å². The highest BCUT2D eigenvalue weighted by Gasteiger charge is 2.19. The van der Waals surface area contributed by atoms with Crippen LogP contribution >= 0.6 is 0 Å². The quantitative estimate of drug-likeness (QED) is 0.417. The van der Waals surface area contributed by atoms with E-state index in [2.05, 4.69) is 29.6 Å². The molecule has 0 aromatic heterocycles. The minimum atomic E-state index is -0.749. The lowest BCUT2D eigenvalue weighted by Crippen LogP contribution is -2.39. The Kier molecular flexibility index (Phi) is 10.9. The maximum atomic E-state index is 12.0. The fourth-order valence-electron chi connectivity index (χ4n) is 3.11. The van der Waals surface area contributed by atoms with Gasteiger partial charge in [0.2, 0.25) is 5.91 Å². The number of unbranched alkanes of at least 4 members (excludes halogenated alkanes) is 1. The van der Waals surface area contributed by atoms with Gasteiger partial charge in [-0.1, -0.05) is 24.3 Å². The highest BCUT2D eigenvalue weighted by Crippen LogP contribution is 2.14. The number of amides is 2. The van der Waals surface area contributed by atoms with Gasteiger partial charge in [0.15, 0.2) is 0 Å². The highest BCUT2D eigenvalue weighted by molar-refractivity contribution is 5.74. The Morgan fingerprint density at radius 1 is 0.967 bits per heavy atom. The number of carboxylic acid groups (broad SMARTS) is 1. The summed E-state index contributed by atoms with van der Waals surface area (Å²) in [6.45, 7) is 5.42. The summed E-state index contributed by atoms with van der Waals surface area (Å²) in [5, 5.41) is 11.5. The smallest absolute Gasteiger partial charge is 0.407 e. The van der Waals surface area contributed by atoms with Gasteiger partial charge in [0.25, 0.3) is 0 Å². The van der Waals surface area contributed by atoms with Crippen molar-refractivity contribution in [1.29, 1.82) is 0 Å². The molecular formula is C23H36N2O5. The van der Waals surface area contributed by atoms with Crippen molar-refractivity contribution < 1.29 is 24.2 Å². The second-order valence-electron chi connectivity index (χ2n) is 8.66. The van der Waals surface area contributed by atoms with Gasteiger partial charge in [-0.05, 0) is 76.8 Å². The molecule has 7 heteroatoms. The number of aryl methyl sites for hydroxylation is 2. The summed E-state index contributed by atoms with van der Waals surface area (Å²) in [5.41, 5.74) is 7.09. The fraction of sp³-hybridized carbons (Fsp3) is 0.609. The van der Waals surface area contributed by atoms with Crippen LogP contribution in [-0.4, -0.2) is 34.7 Å². The average molecular weight is 421 g/mol. The molecule has 0 aliphatic heterocycles. The first-order chi connectivity index (χ1) is 14.0. The largest absolute Gasteiger partial charge is 0.481 e. The number of aliphatic carboxylic acids is 1. The third-order valence-corrected chi connectivity index (χ3v) is 4.61. The molecule has 0 radical (unpaired) electrons. The monoisotopic (exact) mass is 420 g/mol.